The predicted molar refractivity (Wildman–Crippen MR) is 98.5 cm³/mol. The molecule has 25 heavy (non-hydrogen) atoms. The number of ether oxygens (including phenoxy) is 1. The Labute approximate surface area is 151 Å². The third-order valence-electron chi connectivity index (χ3n) is 3.65. The highest BCUT2D eigenvalue weighted by molar-refractivity contribution is 7.14. The average molecular weight is 359 g/mol. The molecule has 2 aromatic rings. The summed E-state index contributed by atoms with van der Waals surface area (Å²) in [6.45, 7) is 1.94. The Bertz CT molecular complexity index is 749. The fourth-order valence-corrected chi connectivity index (χ4v) is 3.07. The minimum absolute atomic E-state index is 0.0193. The van der Waals surface area contributed by atoms with Crippen LogP contribution in [0.1, 0.15) is 40.2 Å². The van der Waals surface area contributed by atoms with Gasteiger partial charge < -0.3 is 10.1 Å². The SMILES string of the molecule is COc1ccc(NC(=O)CCC(=O)CCC(=O)c2ccc(C)s2)cc1. The first kappa shape index (κ1) is 18.9. The summed E-state index contributed by atoms with van der Waals surface area (Å²) in [5, 5.41) is 2.73. The van der Waals surface area contributed by atoms with E-state index in [0.717, 1.165) is 4.88 Å². The van der Waals surface area contributed by atoms with Gasteiger partial charge in [0.1, 0.15) is 11.5 Å². The van der Waals surface area contributed by atoms with Crippen LogP contribution in [0.15, 0.2) is 36.4 Å². The molecule has 0 fully saturated rings. The van der Waals surface area contributed by atoms with Crippen LogP contribution in [0.25, 0.3) is 0 Å². The van der Waals surface area contributed by atoms with Crippen LogP contribution in [0.4, 0.5) is 5.69 Å². The second-order valence-corrected chi connectivity index (χ2v) is 6.94. The van der Waals surface area contributed by atoms with Crippen molar-refractivity contribution < 1.29 is 19.1 Å². The van der Waals surface area contributed by atoms with Crippen molar-refractivity contribution in [2.75, 3.05) is 12.4 Å². The van der Waals surface area contributed by atoms with Crippen molar-refractivity contribution in [3.63, 3.8) is 0 Å². The first-order valence-electron chi connectivity index (χ1n) is 8.03. The van der Waals surface area contributed by atoms with Crippen molar-refractivity contribution in [1.29, 1.82) is 0 Å². The Morgan fingerprint density at radius 2 is 1.64 bits per heavy atom. The molecule has 0 saturated carbocycles. The summed E-state index contributed by atoms with van der Waals surface area (Å²) < 4.78 is 5.05. The number of carbonyl (C=O) groups excluding carboxylic acids is 3. The molecule has 6 heteroatoms. The fraction of sp³-hybridized carbons (Fsp3) is 0.316. The van der Waals surface area contributed by atoms with E-state index in [1.807, 2.05) is 13.0 Å². The monoisotopic (exact) mass is 359 g/mol. The highest BCUT2D eigenvalue weighted by atomic mass is 32.1. The molecule has 1 heterocycles. The fourth-order valence-electron chi connectivity index (χ4n) is 2.24. The summed E-state index contributed by atoms with van der Waals surface area (Å²) in [4.78, 5) is 37.5. The molecule has 0 radical (unpaired) electrons. The number of hydrogen-bond acceptors (Lipinski definition) is 5. The number of aryl methyl sites for hydroxylation is 1. The van der Waals surface area contributed by atoms with Gasteiger partial charge >= 0.3 is 0 Å². The lowest BCUT2D eigenvalue weighted by Gasteiger charge is -2.06. The first-order valence-corrected chi connectivity index (χ1v) is 8.85. The molecule has 0 aliphatic carbocycles. The molecule has 1 aromatic carbocycles. The number of carbonyl (C=O) groups is 3. The molecule has 132 valence electrons. The summed E-state index contributed by atoms with van der Waals surface area (Å²) in [6, 6.07) is 10.6. The van der Waals surface area contributed by atoms with Gasteiger partial charge in [-0.2, -0.15) is 0 Å². The van der Waals surface area contributed by atoms with Gasteiger partial charge in [0.2, 0.25) is 5.91 Å². The molecule has 1 N–H and O–H groups in total. The van der Waals surface area contributed by atoms with Gasteiger partial charge in [0.15, 0.2) is 5.78 Å². The van der Waals surface area contributed by atoms with E-state index < -0.39 is 0 Å². The molecular formula is C19H21NO4S. The van der Waals surface area contributed by atoms with Crippen LogP contribution in [-0.4, -0.2) is 24.6 Å². The Balaban J connectivity index is 1.70. The molecule has 1 aromatic heterocycles. The number of nitrogens with one attached hydrogen (secondary N) is 1. The highest BCUT2D eigenvalue weighted by Crippen LogP contribution is 2.18. The molecule has 1 amide bonds. The van der Waals surface area contributed by atoms with Gasteiger partial charge in [-0.1, -0.05) is 0 Å². The summed E-state index contributed by atoms with van der Waals surface area (Å²) in [6.07, 6.45) is 0.611. The Kier molecular flexibility index (Phi) is 6.89. The maximum absolute atomic E-state index is 12.0. The highest BCUT2D eigenvalue weighted by Gasteiger charge is 2.12. The van der Waals surface area contributed by atoms with Crippen LogP contribution < -0.4 is 10.1 Å². The lowest BCUT2D eigenvalue weighted by Crippen LogP contribution is -2.13. The lowest BCUT2D eigenvalue weighted by atomic mass is 10.1. The van der Waals surface area contributed by atoms with Crippen LogP contribution in [0.3, 0.4) is 0 Å². The molecular weight excluding hydrogens is 338 g/mol. The van der Waals surface area contributed by atoms with Crippen molar-refractivity contribution in [3.8, 4) is 5.75 Å². The van der Waals surface area contributed by atoms with E-state index >= 15 is 0 Å². The quantitative estimate of drug-likeness (QED) is 0.687. The van der Waals surface area contributed by atoms with Gasteiger partial charge in [-0.3, -0.25) is 14.4 Å². The minimum atomic E-state index is -0.223. The number of ketones is 2. The molecule has 2 rings (SSSR count). The van der Waals surface area contributed by atoms with E-state index in [-0.39, 0.29) is 43.2 Å². The zero-order valence-corrected chi connectivity index (χ0v) is 15.2. The van der Waals surface area contributed by atoms with Gasteiger partial charge in [-0.05, 0) is 43.3 Å². The van der Waals surface area contributed by atoms with Gasteiger partial charge in [-0.15, -0.1) is 11.3 Å². The van der Waals surface area contributed by atoms with E-state index in [1.54, 1.807) is 37.4 Å². The number of amides is 1. The third kappa shape index (κ3) is 6.15. The lowest BCUT2D eigenvalue weighted by molar-refractivity contribution is -0.122. The Morgan fingerprint density at radius 3 is 2.24 bits per heavy atom. The normalized spacial score (nSPS) is 10.3. The molecule has 0 aliphatic heterocycles. The second kappa shape index (κ2) is 9.13. The third-order valence-corrected chi connectivity index (χ3v) is 4.69. The Morgan fingerprint density at radius 1 is 0.960 bits per heavy atom. The molecule has 0 bridgehead atoms. The number of methoxy groups -OCH3 is 1. The minimum Gasteiger partial charge on any atom is -0.497 e. The van der Waals surface area contributed by atoms with Crippen LogP contribution in [0.2, 0.25) is 0 Å². The molecule has 5 nitrogen and oxygen atoms in total. The molecule has 0 saturated heterocycles. The topological polar surface area (TPSA) is 72.5 Å². The van der Waals surface area contributed by atoms with E-state index in [0.29, 0.717) is 16.3 Å². The van der Waals surface area contributed by atoms with Gasteiger partial charge in [0, 0.05) is 36.2 Å². The number of benzene rings is 1. The van der Waals surface area contributed by atoms with Crippen LogP contribution in [-0.2, 0) is 9.59 Å². The maximum Gasteiger partial charge on any atom is 0.224 e. The van der Waals surface area contributed by atoms with Crippen molar-refractivity contribution in [1.82, 2.24) is 0 Å². The second-order valence-electron chi connectivity index (χ2n) is 5.65. The smallest absolute Gasteiger partial charge is 0.224 e. The van der Waals surface area contributed by atoms with E-state index in [9.17, 15) is 14.4 Å². The largest absolute Gasteiger partial charge is 0.497 e. The van der Waals surface area contributed by atoms with Gasteiger partial charge in [0.25, 0.3) is 0 Å². The first-order chi connectivity index (χ1) is 12.0. The van der Waals surface area contributed by atoms with Crippen molar-refractivity contribution in [2.45, 2.75) is 32.6 Å². The Hall–Kier alpha value is -2.47. The van der Waals surface area contributed by atoms with Gasteiger partial charge in [-0.25, -0.2) is 0 Å². The zero-order valence-electron chi connectivity index (χ0n) is 14.3. The molecule has 0 aliphatic rings. The van der Waals surface area contributed by atoms with Crippen LogP contribution in [0, 0.1) is 6.92 Å². The van der Waals surface area contributed by atoms with E-state index in [4.69, 9.17) is 4.74 Å². The van der Waals surface area contributed by atoms with Crippen molar-refractivity contribution >= 4 is 34.5 Å². The number of anilines is 1. The predicted octanol–water partition coefficient (Wildman–Crippen LogP) is 4.02. The number of Topliss-reactive ketones (excluding diaryl/α,β-unsaturated/α-hetero) is 2. The van der Waals surface area contributed by atoms with Crippen molar-refractivity contribution in [2.24, 2.45) is 0 Å². The molecule has 0 atom stereocenters. The molecule has 0 spiro atoms. The molecule has 0 unspecified atom stereocenters. The van der Waals surface area contributed by atoms with Crippen molar-refractivity contribution in [3.05, 3.63) is 46.2 Å². The number of thiophene rings is 1. The summed E-state index contributed by atoms with van der Waals surface area (Å²) in [5.74, 6) is 0.387. The van der Waals surface area contributed by atoms with Crippen LogP contribution >= 0.6 is 11.3 Å². The summed E-state index contributed by atoms with van der Waals surface area (Å²) >= 11 is 1.44. The van der Waals surface area contributed by atoms with E-state index in [1.165, 1.54) is 11.3 Å². The zero-order chi connectivity index (χ0) is 18.2. The number of rotatable bonds is 9. The standard InChI is InChI=1S/C19H21NO4S/c1-13-3-11-18(25-13)17(22)10-6-15(21)7-12-19(23)20-14-4-8-16(24-2)9-5-14/h3-5,8-9,11H,6-7,10,12H2,1-2H3,(H,20,23). The number of hydrogen-bond donors (Lipinski definition) is 1. The maximum atomic E-state index is 12.0. The summed E-state index contributed by atoms with van der Waals surface area (Å²) in [5.41, 5.74) is 0.654. The average Bonchev–Trinajstić information content (AvgIpc) is 3.05. The van der Waals surface area contributed by atoms with Gasteiger partial charge in [0.05, 0.1) is 12.0 Å². The van der Waals surface area contributed by atoms with E-state index in [2.05, 4.69) is 5.32 Å². The summed E-state index contributed by atoms with van der Waals surface area (Å²) in [7, 11) is 1.57. The van der Waals surface area contributed by atoms with Crippen LogP contribution in [0.5, 0.6) is 5.75 Å².